The molecule has 128 valence electrons. The maximum absolute atomic E-state index is 14.0. The lowest BCUT2D eigenvalue weighted by Gasteiger charge is -2.12. The Kier molecular flexibility index (Phi) is 7.03. The van der Waals surface area contributed by atoms with Crippen molar-refractivity contribution in [3.8, 4) is 0 Å². The number of hydrogen-bond acceptors (Lipinski definition) is 5. The lowest BCUT2D eigenvalue weighted by molar-refractivity contribution is -0.0295. The number of aromatic nitrogens is 1. The molecule has 2 aromatic rings. The number of hydrogen-bond donors (Lipinski definition) is 3. The molecule has 6 nitrogen and oxygen atoms in total. The summed E-state index contributed by atoms with van der Waals surface area (Å²) >= 11 is 2.02. The van der Waals surface area contributed by atoms with Gasteiger partial charge >= 0.3 is 0 Å². The van der Waals surface area contributed by atoms with Crippen molar-refractivity contribution in [1.29, 1.82) is 0 Å². The van der Waals surface area contributed by atoms with Crippen LogP contribution < -0.4 is 5.48 Å². The number of halogens is 2. The highest BCUT2D eigenvalue weighted by atomic mass is 127. The summed E-state index contributed by atoms with van der Waals surface area (Å²) in [6.45, 7) is -0.711. The van der Waals surface area contributed by atoms with Crippen molar-refractivity contribution in [1.82, 2.24) is 10.5 Å². The number of pyridine rings is 1. The number of nitrogens with one attached hydrogen (secondary N) is 1. The molecule has 1 aromatic carbocycles. The van der Waals surface area contributed by atoms with Crippen molar-refractivity contribution in [3.63, 3.8) is 0 Å². The first kappa shape index (κ1) is 18.7. The van der Waals surface area contributed by atoms with E-state index in [1.54, 1.807) is 12.1 Å². The van der Waals surface area contributed by atoms with Crippen LogP contribution >= 0.6 is 22.6 Å². The number of carbonyl (C=O) groups excluding carboxylic acids is 1. The van der Waals surface area contributed by atoms with Gasteiger partial charge in [-0.3, -0.25) is 14.6 Å². The minimum atomic E-state index is -1.08. The first-order valence-electron chi connectivity index (χ1n) is 7.09. The molecular formula is C16H16FIN2O4. The Labute approximate surface area is 151 Å². The van der Waals surface area contributed by atoms with Gasteiger partial charge in [-0.25, -0.2) is 9.87 Å². The third-order valence-corrected chi connectivity index (χ3v) is 3.87. The van der Waals surface area contributed by atoms with Gasteiger partial charge in [0.15, 0.2) is 0 Å². The fraction of sp³-hybridized carbons (Fsp3) is 0.250. The Hall–Kier alpha value is -1.62. The second kappa shape index (κ2) is 9.02. The zero-order valence-corrected chi connectivity index (χ0v) is 14.7. The average Bonchev–Trinajstić information content (AvgIpc) is 2.57. The second-order valence-corrected chi connectivity index (χ2v) is 6.27. The van der Waals surface area contributed by atoms with E-state index in [4.69, 9.17) is 15.1 Å². The molecular weight excluding hydrogens is 430 g/mol. The molecule has 1 atom stereocenters. The van der Waals surface area contributed by atoms with Crippen LogP contribution in [0, 0.1) is 9.39 Å². The normalized spacial score (nSPS) is 12.0. The topological polar surface area (TPSA) is 91.7 Å². The molecule has 24 heavy (non-hydrogen) atoms. The van der Waals surface area contributed by atoms with E-state index >= 15 is 0 Å². The Bertz CT molecular complexity index is 714. The highest BCUT2D eigenvalue weighted by molar-refractivity contribution is 14.1. The lowest BCUT2D eigenvalue weighted by atomic mass is 10.0. The summed E-state index contributed by atoms with van der Waals surface area (Å²) in [7, 11) is 0. The molecule has 0 unspecified atom stereocenters. The van der Waals surface area contributed by atoms with Gasteiger partial charge in [0, 0.05) is 27.9 Å². The molecule has 0 aliphatic carbocycles. The fourth-order valence-electron chi connectivity index (χ4n) is 1.97. The van der Waals surface area contributed by atoms with Gasteiger partial charge in [-0.05, 0) is 51.9 Å². The molecule has 2 rings (SSSR count). The Morgan fingerprint density at radius 2 is 2.17 bits per heavy atom. The van der Waals surface area contributed by atoms with Crippen LogP contribution in [0.25, 0.3) is 0 Å². The van der Waals surface area contributed by atoms with Gasteiger partial charge in [0.05, 0.1) is 6.61 Å². The number of nitrogens with zero attached hydrogens (tertiary/aromatic N) is 1. The number of amides is 1. The lowest BCUT2D eigenvalue weighted by Crippen LogP contribution is -2.30. The molecule has 0 fully saturated rings. The molecule has 1 amide bonds. The standard InChI is InChI=1S/C16H16FIN2O4/c17-15-6-12(18)2-1-10(15)5-11-7-19-4-3-14(11)16(23)20-24-9-13(22)8-21/h1-4,6-7,13,21-22H,5,8-9H2,(H,20,23)/t13-/m1/s1. The van der Waals surface area contributed by atoms with Crippen molar-refractivity contribution in [2.45, 2.75) is 12.5 Å². The molecule has 0 spiro atoms. The molecule has 0 bridgehead atoms. The van der Waals surface area contributed by atoms with Gasteiger partial charge in [-0.2, -0.15) is 0 Å². The van der Waals surface area contributed by atoms with Crippen LogP contribution in [0.1, 0.15) is 21.5 Å². The average molecular weight is 446 g/mol. The maximum Gasteiger partial charge on any atom is 0.275 e. The molecule has 1 aromatic heterocycles. The van der Waals surface area contributed by atoms with Gasteiger partial charge in [0.1, 0.15) is 18.5 Å². The van der Waals surface area contributed by atoms with Crippen molar-refractivity contribution >= 4 is 28.5 Å². The zero-order chi connectivity index (χ0) is 17.5. The predicted molar refractivity (Wildman–Crippen MR) is 92.7 cm³/mol. The molecule has 0 aliphatic heterocycles. The van der Waals surface area contributed by atoms with E-state index in [1.165, 1.54) is 24.5 Å². The van der Waals surface area contributed by atoms with Crippen molar-refractivity contribution < 1.29 is 24.2 Å². The summed E-state index contributed by atoms with van der Waals surface area (Å²) < 4.78 is 14.8. The number of hydroxylamine groups is 1. The van der Waals surface area contributed by atoms with E-state index in [0.29, 0.717) is 16.7 Å². The van der Waals surface area contributed by atoms with Crippen LogP contribution in [-0.2, 0) is 11.3 Å². The van der Waals surface area contributed by atoms with Crippen LogP contribution in [0.15, 0.2) is 36.7 Å². The Morgan fingerprint density at radius 3 is 2.88 bits per heavy atom. The summed E-state index contributed by atoms with van der Waals surface area (Å²) in [6, 6.07) is 6.38. The maximum atomic E-state index is 14.0. The third-order valence-electron chi connectivity index (χ3n) is 3.20. The molecule has 0 saturated heterocycles. The van der Waals surface area contributed by atoms with Gasteiger partial charge in [0.2, 0.25) is 0 Å². The smallest absolute Gasteiger partial charge is 0.275 e. The minimum Gasteiger partial charge on any atom is -0.394 e. The number of carbonyl (C=O) groups is 1. The van der Waals surface area contributed by atoms with Crippen LogP contribution in [0.5, 0.6) is 0 Å². The highest BCUT2D eigenvalue weighted by Gasteiger charge is 2.14. The summed E-state index contributed by atoms with van der Waals surface area (Å²) in [6.07, 6.45) is 2.07. The van der Waals surface area contributed by atoms with Crippen LogP contribution in [0.2, 0.25) is 0 Å². The van der Waals surface area contributed by atoms with E-state index in [1.807, 2.05) is 22.6 Å². The van der Waals surface area contributed by atoms with Crippen molar-refractivity contribution in [2.75, 3.05) is 13.2 Å². The molecule has 0 radical (unpaired) electrons. The molecule has 0 saturated carbocycles. The van der Waals surface area contributed by atoms with Crippen molar-refractivity contribution in [2.24, 2.45) is 0 Å². The predicted octanol–water partition coefficient (Wildman–Crippen LogP) is 1.43. The Morgan fingerprint density at radius 1 is 1.38 bits per heavy atom. The van der Waals surface area contributed by atoms with E-state index in [2.05, 4.69) is 10.5 Å². The minimum absolute atomic E-state index is 0.207. The van der Waals surface area contributed by atoms with E-state index < -0.39 is 18.6 Å². The number of aliphatic hydroxyl groups excluding tert-OH is 2. The molecule has 0 aliphatic rings. The highest BCUT2D eigenvalue weighted by Crippen LogP contribution is 2.18. The summed E-state index contributed by atoms with van der Waals surface area (Å²) in [4.78, 5) is 21.0. The SMILES string of the molecule is O=C(NOC[C@H](O)CO)c1ccncc1Cc1ccc(I)cc1F. The van der Waals surface area contributed by atoms with Crippen LogP contribution in [0.4, 0.5) is 4.39 Å². The number of aliphatic hydroxyl groups is 2. The monoisotopic (exact) mass is 446 g/mol. The molecule has 3 N–H and O–H groups in total. The Balaban J connectivity index is 2.10. The van der Waals surface area contributed by atoms with Gasteiger partial charge in [-0.1, -0.05) is 6.07 Å². The van der Waals surface area contributed by atoms with Gasteiger partial charge < -0.3 is 10.2 Å². The largest absolute Gasteiger partial charge is 0.394 e. The zero-order valence-electron chi connectivity index (χ0n) is 12.6. The number of rotatable bonds is 7. The van der Waals surface area contributed by atoms with Gasteiger partial charge in [-0.15, -0.1) is 0 Å². The van der Waals surface area contributed by atoms with E-state index in [-0.39, 0.29) is 18.8 Å². The summed E-state index contributed by atoms with van der Waals surface area (Å²) in [5.74, 6) is -0.886. The fourth-order valence-corrected chi connectivity index (χ4v) is 2.42. The van der Waals surface area contributed by atoms with Gasteiger partial charge in [0.25, 0.3) is 5.91 Å². The first-order chi connectivity index (χ1) is 11.5. The van der Waals surface area contributed by atoms with Crippen LogP contribution in [-0.4, -0.2) is 40.4 Å². The summed E-state index contributed by atoms with van der Waals surface area (Å²) in [5, 5.41) is 17.8. The van der Waals surface area contributed by atoms with Crippen LogP contribution in [0.3, 0.4) is 0 Å². The second-order valence-electron chi connectivity index (χ2n) is 5.02. The molecule has 1 heterocycles. The van der Waals surface area contributed by atoms with E-state index in [0.717, 1.165) is 3.57 Å². The quantitative estimate of drug-likeness (QED) is 0.443. The van der Waals surface area contributed by atoms with Crippen molar-refractivity contribution in [3.05, 3.63) is 62.7 Å². The van der Waals surface area contributed by atoms with E-state index in [9.17, 15) is 9.18 Å². The summed E-state index contributed by atoms with van der Waals surface area (Å²) in [5.41, 5.74) is 3.47. The third kappa shape index (κ3) is 5.20. The first-order valence-corrected chi connectivity index (χ1v) is 8.17. The molecule has 8 heteroatoms. The number of benzene rings is 1.